The number of alkyl halides is 2. The Hall–Kier alpha value is -1.44. The Morgan fingerprint density at radius 3 is 2.32 bits per heavy atom. The van der Waals surface area contributed by atoms with E-state index in [1.165, 1.54) is 12.0 Å². The van der Waals surface area contributed by atoms with Crippen molar-refractivity contribution < 1.29 is 27.8 Å². The van der Waals surface area contributed by atoms with Gasteiger partial charge in [-0.05, 0) is 58.3 Å². The van der Waals surface area contributed by atoms with Crippen molar-refractivity contribution in [3.05, 3.63) is 0 Å². The van der Waals surface area contributed by atoms with E-state index in [0.717, 1.165) is 25.7 Å². The molecule has 0 bridgehead atoms. The lowest BCUT2D eigenvalue weighted by atomic mass is 9.49. The van der Waals surface area contributed by atoms with Crippen LogP contribution in [0.5, 0.6) is 0 Å². The Kier molecular flexibility index (Phi) is 4.45. The zero-order valence-electron chi connectivity index (χ0n) is 17.0. The van der Waals surface area contributed by atoms with Crippen LogP contribution in [0.2, 0.25) is 0 Å². The molecule has 2 aliphatic heterocycles. The largest absolute Gasteiger partial charge is 0.469 e. The summed E-state index contributed by atoms with van der Waals surface area (Å²) in [6.45, 7) is 5.23. The number of methoxy groups -OCH3 is 1. The number of halogens is 2. The molecule has 4 fully saturated rings. The van der Waals surface area contributed by atoms with Crippen molar-refractivity contribution in [2.75, 3.05) is 20.2 Å². The van der Waals surface area contributed by atoms with Crippen LogP contribution in [0.4, 0.5) is 13.6 Å². The number of fused-ring (bicyclic) bond motifs is 1. The van der Waals surface area contributed by atoms with Crippen LogP contribution in [0.25, 0.3) is 0 Å². The first-order chi connectivity index (χ1) is 12.9. The molecule has 0 aromatic heterocycles. The van der Waals surface area contributed by atoms with Gasteiger partial charge in [-0.2, -0.15) is 0 Å². The van der Waals surface area contributed by atoms with Crippen molar-refractivity contribution >= 4 is 12.1 Å². The maximum Gasteiger partial charge on any atom is 0.410 e. The summed E-state index contributed by atoms with van der Waals surface area (Å²) >= 11 is 0. The van der Waals surface area contributed by atoms with Gasteiger partial charge in [0.05, 0.1) is 31.7 Å². The monoisotopic (exact) mass is 400 g/mol. The SMILES string of the molecule is COC(=O)C1CC2(C1)CC(N1CC[C@H]3[C@@H]1C(F)(F)CN3C(=O)OC(C)(C)C)C2. The van der Waals surface area contributed by atoms with Crippen LogP contribution in [0.1, 0.15) is 52.9 Å². The first kappa shape index (κ1) is 19.9. The van der Waals surface area contributed by atoms with Gasteiger partial charge < -0.3 is 9.47 Å². The van der Waals surface area contributed by atoms with Crippen molar-refractivity contribution in [2.24, 2.45) is 11.3 Å². The van der Waals surface area contributed by atoms with Gasteiger partial charge >= 0.3 is 12.1 Å². The number of likely N-dealkylation sites (tertiary alicyclic amines) is 2. The molecule has 0 N–H and O–H groups in total. The summed E-state index contributed by atoms with van der Waals surface area (Å²) in [5.74, 6) is -3.13. The highest BCUT2D eigenvalue weighted by Crippen LogP contribution is 2.61. The van der Waals surface area contributed by atoms with E-state index < -0.39 is 36.2 Å². The smallest absolute Gasteiger partial charge is 0.410 e. The van der Waals surface area contributed by atoms with Gasteiger partial charge in [0.15, 0.2) is 0 Å². The maximum atomic E-state index is 14.9. The predicted molar refractivity (Wildman–Crippen MR) is 97.0 cm³/mol. The summed E-state index contributed by atoms with van der Waals surface area (Å²) in [4.78, 5) is 27.2. The number of hydrogen-bond acceptors (Lipinski definition) is 5. The molecule has 2 saturated heterocycles. The van der Waals surface area contributed by atoms with Crippen molar-refractivity contribution in [1.82, 2.24) is 9.80 Å². The molecule has 0 unspecified atom stereocenters. The van der Waals surface area contributed by atoms with Crippen LogP contribution in [0, 0.1) is 11.3 Å². The van der Waals surface area contributed by atoms with Gasteiger partial charge in [-0.15, -0.1) is 0 Å². The predicted octanol–water partition coefficient (Wildman–Crippen LogP) is 3.05. The zero-order chi connectivity index (χ0) is 20.5. The molecule has 8 heteroatoms. The van der Waals surface area contributed by atoms with E-state index in [9.17, 15) is 18.4 Å². The quantitative estimate of drug-likeness (QED) is 0.667. The molecule has 2 aliphatic carbocycles. The Balaban J connectivity index is 1.39. The first-order valence-electron chi connectivity index (χ1n) is 10.2. The third-order valence-electron chi connectivity index (χ3n) is 6.95. The van der Waals surface area contributed by atoms with Crippen molar-refractivity contribution in [3.63, 3.8) is 0 Å². The second-order valence-corrected chi connectivity index (χ2v) is 10.1. The Labute approximate surface area is 164 Å². The lowest BCUT2D eigenvalue weighted by Gasteiger charge is -2.59. The lowest BCUT2D eigenvalue weighted by Crippen LogP contribution is -2.60. The van der Waals surface area contributed by atoms with E-state index in [1.54, 1.807) is 20.8 Å². The summed E-state index contributed by atoms with van der Waals surface area (Å²) < 4.78 is 39.9. The number of esters is 1. The minimum Gasteiger partial charge on any atom is -0.469 e. The van der Waals surface area contributed by atoms with Crippen LogP contribution in [0.3, 0.4) is 0 Å². The summed E-state index contributed by atoms with van der Waals surface area (Å²) in [7, 11) is 1.40. The highest BCUT2D eigenvalue weighted by Gasteiger charge is 2.65. The molecule has 1 amide bonds. The van der Waals surface area contributed by atoms with Crippen LogP contribution in [0.15, 0.2) is 0 Å². The third kappa shape index (κ3) is 3.17. The van der Waals surface area contributed by atoms with Crippen LogP contribution in [-0.4, -0.2) is 71.7 Å². The molecule has 6 nitrogen and oxygen atoms in total. The number of ether oxygens (including phenoxy) is 2. The van der Waals surface area contributed by atoms with Crippen molar-refractivity contribution in [2.45, 2.75) is 82.5 Å². The van der Waals surface area contributed by atoms with Gasteiger partial charge in [-0.1, -0.05) is 0 Å². The topological polar surface area (TPSA) is 59.1 Å². The third-order valence-corrected chi connectivity index (χ3v) is 6.95. The van der Waals surface area contributed by atoms with Crippen molar-refractivity contribution in [3.8, 4) is 0 Å². The van der Waals surface area contributed by atoms with Gasteiger partial charge in [0, 0.05) is 12.6 Å². The molecule has 0 aromatic carbocycles. The highest BCUT2D eigenvalue weighted by atomic mass is 19.3. The van der Waals surface area contributed by atoms with Crippen LogP contribution < -0.4 is 0 Å². The summed E-state index contributed by atoms with van der Waals surface area (Å²) in [6.07, 6.45) is 3.22. The molecule has 0 aromatic rings. The molecule has 158 valence electrons. The normalized spacial score (nSPS) is 39.3. The standard InChI is InChI=1S/C20H30F2N2O4/c1-18(2,3)28-17(26)24-11-20(21,22)15-14(24)5-6-23(15)13-9-19(10-13)7-12(8-19)16(25)27-4/h12-15H,5-11H2,1-4H3/t12?,13?,14-,15+,19?/m0/s1. The maximum absolute atomic E-state index is 14.9. The number of amides is 1. The van der Waals surface area contributed by atoms with E-state index in [2.05, 4.69) is 0 Å². The van der Waals surface area contributed by atoms with Gasteiger partial charge in [0.25, 0.3) is 5.92 Å². The molecule has 4 aliphatic rings. The molecule has 4 rings (SSSR count). The Morgan fingerprint density at radius 1 is 1.11 bits per heavy atom. The van der Waals surface area contributed by atoms with Gasteiger partial charge in [-0.3, -0.25) is 14.6 Å². The Bertz CT molecular complexity index is 664. The number of carbonyl (C=O) groups excluding carboxylic acids is 2. The van der Waals surface area contributed by atoms with Crippen LogP contribution >= 0.6 is 0 Å². The first-order valence-corrected chi connectivity index (χ1v) is 10.2. The van der Waals surface area contributed by atoms with E-state index in [-0.39, 0.29) is 23.3 Å². The van der Waals surface area contributed by atoms with Crippen LogP contribution in [-0.2, 0) is 14.3 Å². The Morgan fingerprint density at radius 2 is 1.75 bits per heavy atom. The van der Waals surface area contributed by atoms with E-state index in [1.807, 2.05) is 4.90 Å². The van der Waals surface area contributed by atoms with E-state index in [4.69, 9.17) is 9.47 Å². The molecule has 28 heavy (non-hydrogen) atoms. The van der Waals surface area contributed by atoms with Gasteiger partial charge in [0.1, 0.15) is 5.60 Å². The fraction of sp³-hybridized carbons (Fsp3) is 0.900. The minimum absolute atomic E-state index is 0.0344. The second kappa shape index (κ2) is 6.28. The summed E-state index contributed by atoms with van der Waals surface area (Å²) in [6, 6.07) is -1.32. The summed E-state index contributed by atoms with van der Waals surface area (Å²) in [5, 5.41) is 0. The molecular formula is C20H30F2N2O4. The number of carbonyl (C=O) groups is 2. The average Bonchev–Trinajstić information content (AvgIpc) is 3.03. The van der Waals surface area contributed by atoms with Gasteiger partial charge in [0.2, 0.25) is 0 Å². The molecule has 0 radical (unpaired) electrons. The minimum atomic E-state index is -2.94. The highest BCUT2D eigenvalue weighted by molar-refractivity contribution is 5.73. The molecular weight excluding hydrogens is 370 g/mol. The molecule has 2 heterocycles. The summed E-state index contributed by atoms with van der Waals surface area (Å²) in [5.41, 5.74) is -0.580. The molecule has 2 atom stereocenters. The zero-order valence-corrected chi connectivity index (χ0v) is 17.0. The second-order valence-electron chi connectivity index (χ2n) is 10.1. The number of rotatable bonds is 2. The molecule has 1 spiro atoms. The van der Waals surface area contributed by atoms with Gasteiger partial charge in [-0.25, -0.2) is 13.6 Å². The van der Waals surface area contributed by atoms with E-state index in [0.29, 0.717) is 13.0 Å². The lowest BCUT2D eigenvalue weighted by molar-refractivity contribution is -0.166. The number of nitrogens with zero attached hydrogens (tertiary/aromatic N) is 2. The van der Waals surface area contributed by atoms with Crippen molar-refractivity contribution in [1.29, 1.82) is 0 Å². The number of hydrogen-bond donors (Lipinski definition) is 0. The average molecular weight is 400 g/mol. The molecule has 2 saturated carbocycles. The van der Waals surface area contributed by atoms with E-state index >= 15 is 0 Å². The fourth-order valence-corrected chi connectivity index (χ4v) is 5.84. The fourth-order valence-electron chi connectivity index (χ4n) is 5.84.